The number of carbonyl (C=O) groups excluding carboxylic acids is 1. The van der Waals surface area contributed by atoms with E-state index in [1.54, 1.807) is 7.11 Å². The maximum absolute atomic E-state index is 11.7. The number of thioether (sulfide) groups is 2. The minimum atomic E-state index is -0.0643. The smallest absolute Gasteiger partial charge is 0.258 e. The van der Waals surface area contributed by atoms with Crippen molar-refractivity contribution < 1.29 is 14.3 Å². The van der Waals surface area contributed by atoms with Crippen LogP contribution >= 0.6 is 23.5 Å². The van der Waals surface area contributed by atoms with Crippen molar-refractivity contribution >= 4 is 29.4 Å². The molecule has 1 aliphatic heterocycles. The van der Waals surface area contributed by atoms with Gasteiger partial charge < -0.3 is 14.8 Å². The van der Waals surface area contributed by atoms with Gasteiger partial charge >= 0.3 is 0 Å². The Morgan fingerprint density at radius 2 is 2.05 bits per heavy atom. The molecule has 2 fully saturated rings. The summed E-state index contributed by atoms with van der Waals surface area (Å²) in [6.45, 7) is 0.0408. The predicted octanol–water partition coefficient (Wildman–Crippen LogP) is 2.83. The first-order chi connectivity index (χ1) is 10.3. The zero-order chi connectivity index (χ0) is 14.7. The van der Waals surface area contributed by atoms with E-state index >= 15 is 0 Å². The van der Waals surface area contributed by atoms with Crippen molar-refractivity contribution in [2.75, 3.05) is 25.2 Å². The third-order valence-corrected chi connectivity index (χ3v) is 6.49. The van der Waals surface area contributed by atoms with Crippen LogP contribution in [0.1, 0.15) is 23.0 Å². The number of benzene rings is 1. The van der Waals surface area contributed by atoms with Gasteiger partial charge in [0.1, 0.15) is 0 Å². The molecule has 1 saturated heterocycles. The van der Waals surface area contributed by atoms with E-state index in [1.807, 2.05) is 35.7 Å². The average Bonchev–Trinajstić information content (AvgIpc) is 3.14. The molecule has 0 radical (unpaired) electrons. The molecule has 1 heterocycles. The van der Waals surface area contributed by atoms with Gasteiger partial charge in [-0.25, -0.2) is 0 Å². The molecule has 1 amide bonds. The molecule has 1 saturated carbocycles. The summed E-state index contributed by atoms with van der Waals surface area (Å²) in [5.74, 6) is 3.64. The van der Waals surface area contributed by atoms with Crippen molar-refractivity contribution in [2.24, 2.45) is 0 Å². The van der Waals surface area contributed by atoms with Gasteiger partial charge in [0.25, 0.3) is 5.91 Å². The third kappa shape index (κ3) is 4.01. The second-order valence-corrected chi connectivity index (χ2v) is 7.84. The van der Waals surface area contributed by atoms with Crippen LogP contribution in [0, 0.1) is 0 Å². The van der Waals surface area contributed by atoms with Crippen LogP contribution in [0.3, 0.4) is 0 Å². The summed E-state index contributed by atoms with van der Waals surface area (Å²) >= 11 is 3.91. The van der Waals surface area contributed by atoms with E-state index in [2.05, 4.69) is 11.4 Å². The van der Waals surface area contributed by atoms with Gasteiger partial charge in [0, 0.05) is 17.5 Å². The van der Waals surface area contributed by atoms with Crippen LogP contribution < -0.4 is 14.8 Å². The first-order valence-corrected chi connectivity index (χ1v) is 9.19. The van der Waals surface area contributed by atoms with E-state index < -0.39 is 0 Å². The number of ether oxygens (including phenoxy) is 2. The Hall–Kier alpha value is -1.01. The maximum Gasteiger partial charge on any atom is 0.258 e. The highest BCUT2D eigenvalue weighted by Gasteiger charge is 2.24. The molecule has 21 heavy (non-hydrogen) atoms. The van der Waals surface area contributed by atoms with Crippen LogP contribution in [0.2, 0.25) is 0 Å². The molecule has 0 atom stereocenters. The summed E-state index contributed by atoms with van der Waals surface area (Å²) in [6.07, 6.45) is 2.17. The molecular formula is C15H19NO3S2. The van der Waals surface area contributed by atoms with Crippen LogP contribution in [-0.4, -0.2) is 37.2 Å². The molecule has 6 heteroatoms. The number of hydrogen-bond acceptors (Lipinski definition) is 5. The standard InChI is InChI=1S/C15H19NO3S2/c1-18-13-8-10(15-20-6-7-21-15)2-5-12(13)19-9-14(17)16-11-3-4-11/h2,5,8,11,15H,3-4,6-7,9H2,1H3,(H,16,17). The molecule has 0 unspecified atom stereocenters. The lowest BCUT2D eigenvalue weighted by molar-refractivity contribution is -0.123. The van der Waals surface area contributed by atoms with Gasteiger partial charge in [-0.15, -0.1) is 23.5 Å². The minimum Gasteiger partial charge on any atom is -0.493 e. The number of amides is 1. The number of rotatable bonds is 6. The van der Waals surface area contributed by atoms with Crippen molar-refractivity contribution in [2.45, 2.75) is 23.5 Å². The zero-order valence-electron chi connectivity index (χ0n) is 12.0. The van der Waals surface area contributed by atoms with Crippen LogP contribution in [-0.2, 0) is 4.79 Å². The van der Waals surface area contributed by atoms with Crippen molar-refractivity contribution in [3.05, 3.63) is 23.8 Å². The Morgan fingerprint density at radius 3 is 2.71 bits per heavy atom. The summed E-state index contributed by atoms with van der Waals surface area (Å²) in [7, 11) is 1.63. The van der Waals surface area contributed by atoms with Gasteiger partial charge in [-0.1, -0.05) is 6.07 Å². The SMILES string of the molecule is COc1cc(C2SCCS2)ccc1OCC(=O)NC1CC1. The zero-order valence-corrected chi connectivity index (χ0v) is 13.6. The lowest BCUT2D eigenvalue weighted by atomic mass is 10.2. The fourth-order valence-electron chi connectivity index (χ4n) is 2.14. The van der Waals surface area contributed by atoms with Gasteiger partial charge in [0.15, 0.2) is 18.1 Å². The van der Waals surface area contributed by atoms with Crippen molar-refractivity contribution in [1.29, 1.82) is 0 Å². The Morgan fingerprint density at radius 1 is 1.29 bits per heavy atom. The summed E-state index contributed by atoms with van der Waals surface area (Å²) in [5.41, 5.74) is 1.24. The second kappa shape index (κ2) is 6.83. The molecule has 114 valence electrons. The van der Waals surface area contributed by atoms with E-state index in [0.717, 1.165) is 12.8 Å². The minimum absolute atomic E-state index is 0.0408. The first-order valence-electron chi connectivity index (χ1n) is 7.09. The molecule has 0 aromatic heterocycles. The van der Waals surface area contributed by atoms with Crippen LogP contribution in [0.25, 0.3) is 0 Å². The van der Waals surface area contributed by atoms with E-state index in [-0.39, 0.29) is 12.5 Å². The molecular weight excluding hydrogens is 306 g/mol. The lowest BCUT2D eigenvalue weighted by Gasteiger charge is -2.14. The van der Waals surface area contributed by atoms with Crippen LogP contribution in [0.15, 0.2) is 18.2 Å². The summed E-state index contributed by atoms with van der Waals surface area (Å²) in [5, 5.41) is 2.91. The van der Waals surface area contributed by atoms with Crippen molar-refractivity contribution in [1.82, 2.24) is 5.32 Å². The fourth-order valence-corrected chi connectivity index (χ4v) is 4.98. The Labute approximate surface area is 133 Å². The van der Waals surface area contributed by atoms with Crippen molar-refractivity contribution in [3.63, 3.8) is 0 Å². The second-order valence-electron chi connectivity index (χ2n) is 5.11. The number of methoxy groups -OCH3 is 1. The van der Waals surface area contributed by atoms with E-state index in [1.165, 1.54) is 17.1 Å². The number of hydrogen-bond donors (Lipinski definition) is 1. The Kier molecular flexibility index (Phi) is 4.85. The molecule has 1 aliphatic carbocycles. The quantitative estimate of drug-likeness (QED) is 0.871. The molecule has 0 bridgehead atoms. The van der Waals surface area contributed by atoms with Crippen molar-refractivity contribution in [3.8, 4) is 11.5 Å². The van der Waals surface area contributed by atoms with E-state index in [4.69, 9.17) is 9.47 Å². The van der Waals surface area contributed by atoms with Gasteiger partial charge in [0.05, 0.1) is 11.7 Å². The largest absolute Gasteiger partial charge is 0.493 e. The molecule has 3 rings (SSSR count). The molecule has 1 aromatic carbocycles. The first kappa shape index (κ1) is 14.9. The normalized spacial score (nSPS) is 18.5. The third-order valence-electron chi connectivity index (χ3n) is 3.38. The summed E-state index contributed by atoms with van der Waals surface area (Å²) < 4.78 is 11.5. The molecule has 1 N–H and O–H groups in total. The van der Waals surface area contributed by atoms with E-state index in [9.17, 15) is 4.79 Å². The molecule has 2 aliphatic rings. The van der Waals surface area contributed by atoms with Gasteiger partial charge in [-0.2, -0.15) is 0 Å². The number of nitrogens with one attached hydrogen (secondary N) is 1. The topological polar surface area (TPSA) is 47.6 Å². The predicted molar refractivity (Wildman–Crippen MR) is 87.3 cm³/mol. The molecule has 4 nitrogen and oxygen atoms in total. The van der Waals surface area contributed by atoms with Gasteiger partial charge in [-0.3, -0.25) is 4.79 Å². The summed E-state index contributed by atoms with van der Waals surface area (Å²) in [4.78, 5) is 11.7. The lowest BCUT2D eigenvalue weighted by Crippen LogP contribution is -2.30. The highest BCUT2D eigenvalue weighted by atomic mass is 32.2. The van der Waals surface area contributed by atoms with Gasteiger partial charge in [-0.05, 0) is 30.5 Å². The maximum atomic E-state index is 11.7. The van der Waals surface area contributed by atoms with Crippen LogP contribution in [0.5, 0.6) is 11.5 Å². The Bertz CT molecular complexity index is 514. The van der Waals surface area contributed by atoms with Crippen LogP contribution in [0.4, 0.5) is 0 Å². The van der Waals surface area contributed by atoms with E-state index in [0.29, 0.717) is 22.1 Å². The molecule has 1 aromatic rings. The highest BCUT2D eigenvalue weighted by molar-refractivity contribution is 8.19. The molecule has 0 spiro atoms. The van der Waals surface area contributed by atoms with Gasteiger partial charge in [0.2, 0.25) is 0 Å². The number of carbonyl (C=O) groups is 1. The Balaban J connectivity index is 1.62. The average molecular weight is 325 g/mol. The highest BCUT2D eigenvalue weighted by Crippen LogP contribution is 2.46. The summed E-state index contributed by atoms with van der Waals surface area (Å²) in [6, 6.07) is 6.34. The fraction of sp³-hybridized carbons (Fsp3) is 0.533. The monoisotopic (exact) mass is 325 g/mol.